The van der Waals surface area contributed by atoms with Crippen molar-refractivity contribution in [2.45, 2.75) is 26.2 Å². The van der Waals surface area contributed by atoms with E-state index in [4.69, 9.17) is 28.0 Å². The zero-order valence-corrected chi connectivity index (χ0v) is 12.9. The molecule has 0 unspecified atom stereocenters. The van der Waals surface area contributed by atoms with Gasteiger partial charge in [0.25, 0.3) is 0 Å². The average Bonchev–Trinajstić information content (AvgIpc) is 2.54. The standard InChI is InChI=1S/C6H12O.5CO.W/c1-3-4-5-6-7-2;5*1-2;/h3-5H2,1-2H3;;;;;;. The first kappa shape index (κ1) is 36.0. The van der Waals surface area contributed by atoms with Crippen LogP contribution in [-0.2, 0) is 47.4 Å². The summed E-state index contributed by atoms with van der Waals surface area (Å²) < 4.78 is 43.7. The van der Waals surface area contributed by atoms with E-state index >= 15 is 0 Å². The predicted octanol–water partition coefficient (Wildman–Crippen LogP) is 1.31. The molecule has 0 bridgehead atoms. The topological polar surface area (TPSA) is 109 Å². The molecule has 0 aliphatic heterocycles. The molecule has 6 nitrogen and oxygen atoms in total. The van der Waals surface area contributed by atoms with Crippen molar-refractivity contribution in [1.29, 1.82) is 0 Å². The van der Waals surface area contributed by atoms with E-state index in [1.807, 2.05) is 0 Å². The second kappa shape index (κ2) is 97.1. The monoisotopic (exact) mass is 424 g/mol. The minimum absolute atomic E-state index is 1.16. The maximum absolute atomic E-state index is 7.50. The molecule has 0 N–H and O–H groups in total. The Morgan fingerprint density at radius 1 is 0.889 bits per heavy atom. The van der Waals surface area contributed by atoms with Crippen LogP contribution in [0.5, 0.6) is 0 Å². The normalized spacial score (nSPS) is 4.67. The molecule has 0 aliphatic carbocycles. The van der Waals surface area contributed by atoms with E-state index in [1.165, 1.54) is 36.3 Å². The van der Waals surface area contributed by atoms with Crippen LogP contribution in [-0.4, -0.2) is 11.2 Å². The summed E-state index contributed by atoms with van der Waals surface area (Å²) in [5.41, 5.74) is 0. The summed E-state index contributed by atoms with van der Waals surface area (Å²) in [7, 11) is 1.75. The van der Waals surface area contributed by atoms with Gasteiger partial charge in [-0.3, -0.25) is 0 Å². The van der Waals surface area contributed by atoms with Crippen molar-refractivity contribution in [3.63, 3.8) is 0 Å². The molecule has 0 atom stereocenters. The molecular weight excluding hydrogens is 412 g/mol. The number of hydrogen-bond acceptors (Lipinski definition) is 1. The van der Waals surface area contributed by atoms with Crippen LogP contribution in [0.25, 0.3) is 0 Å². The summed E-state index contributed by atoms with van der Waals surface area (Å²) in [6.45, 7) is 24.7. The molecule has 0 rings (SSSR count). The Kier molecular flexibility index (Phi) is 194. The molecule has 0 aromatic rings. The Hall–Kier alpha value is -0.782. The van der Waals surface area contributed by atoms with Crippen LogP contribution in [0.1, 0.15) is 26.2 Å². The Bertz CT molecular complexity index is 191. The molecule has 0 spiro atoms. The molecule has 0 saturated carbocycles. The zero-order chi connectivity index (χ0) is 16.4. The van der Waals surface area contributed by atoms with Crippen LogP contribution in [0, 0.1) is 33.3 Å². The van der Waals surface area contributed by atoms with Gasteiger partial charge in [0.05, 0.1) is 0 Å². The van der Waals surface area contributed by atoms with Gasteiger partial charge in [-0.05, 0) is 0 Å². The van der Waals surface area contributed by atoms with E-state index in [2.05, 4.69) is 40.2 Å². The summed E-state index contributed by atoms with van der Waals surface area (Å²) in [6.07, 6.45) is 3.69. The third kappa shape index (κ3) is 113. The summed E-state index contributed by atoms with van der Waals surface area (Å²) in [5.74, 6) is 0. The number of unbranched alkanes of at least 4 members (excludes halogenated alkanes) is 1. The van der Waals surface area contributed by atoms with Crippen molar-refractivity contribution in [3.8, 4) is 0 Å². The van der Waals surface area contributed by atoms with Crippen molar-refractivity contribution in [2.24, 2.45) is 0 Å². The number of methoxy groups -OCH3 is 1. The summed E-state index contributed by atoms with van der Waals surface area (Å²) in [4.78, 5) is 0. The average molecular weight is 424 g/mol. The van der Waals surface area contributed by atoms with E-state index in [-0.39, 0.29) is 0 Å². The molecule has 0 aromatic heterocycles. The fraction of sp³-hybridized carbons (Fsp3) is 0.455. The van der Waals surface area contributed by atoms with Crippen LogP contribution in [0.2, 0.25) is 0 Å². The second-order valence-electron chi connectivity index (χ2n) is 1.68. The summed E-state index contributed by atoms with van der Waals surface area (Å²) >= 11 is 1.47. The zero-order valence-electron chi connectivity index (χ0n) is 9.98. The van der Waals surface area contributed by atoms with E-state index in [9.17, 15) is 0 Å². The maximum atomic E-state index is 7.50. The number of hydrogen-bond donors (Lipinski definition) is 0. The third-order valence-electron chi connectivity index (χ3n) is 0.962. The Labute approximate surface area is 118 Å². The van der Waals surface area contributed by atoms with Crippen molar-refractivity contribution in [3.05, 3.63) is 33.3 Å². The molecular formula is C11H12O6W. The van der Waals surface area contributed by atoms with Gasteiger partial charge >= 0.3 is 118 Å². The van der Waals surface area contributed by atoms with Crippen LogP contribution in [0.15, 0.2) is 0 Å². The Balaban J connectivity index is -0.0000000304. The molecule has 0 amide bonds. The molecule has 0 aliphatic rings. The van der Waals surface area contributed by atoms with Gasteiger partial charge in [-0.2, -0.15) is 0 Å². The van der Waals surface area contributed by atoms with Crippen LogP contribution < -0.4 is 0 Å². The Morgan fingerprint density at radius 3 is 1.33 bits per heavy atom. The Morgan fingerprint density at radius 2 is 1.17 bits per heavy atom. The van der Waals surface area contributed by atoms with Gasteiger partial charge in [0.2, 0.25) is 0 Å². The predicted molar refractivity (Wildman–Crippen MR) is 51.2 cm³/mol. The van der Waals surface area contributed by atoms with Crippen LogP contribution in [0.3, 0.4) is 0 Å². The fourth-order valence-electron chi connectivity index (χ4n) is 0.423. The summed E-state index contributed by atoms with van der Waals surface area (Å²) in [6, 6.07) is 0. The number of rotatable bonds is 4. The van der Waals surface area contributed by atoms with Gasteiger partial charge in [0.1, 0.15) is 0 Å². The van der Waals surface area contributed by atoms with E-state index in [0.717, 1.165) is 6.42 Å². The second-order valence-corrected chi connectivity index (χ2v) is 3.32. The molecule has 0 aromatic carbocycles. The van der Waals surface area contributed by atoms with Gasteiger partial charge in [0.15, 0.2) is 0 Å². The summed E-state index contributed by atoms with van der Waals surface area (Å²) in [5, 5.41) is 0. The molecule has 0 saturated heterocycles. The first-order valence-corrected chi connectivity index (χ1v) is 5.36. The van der Waals surface area contributed by atoms with Crippen LogP contribution >= 0.6 is 0 Å². The molecule has 0 heterocycles. The quantitative estimate of drug-likeness (QED) is 0.493. The molecule has 7 heteroatoms. The molecule has 0 radical (unpaired) electrons. The molecule has 98 valence electrons. The van der Waals surface area contributed by atoms with E-state index in [0.29, 0.717) is 0 Å². The third-order valence-corrected chi connectivity index (χ3v) is 2.29. The molecule has 18 heavy (non-hydrogen) atoms. The van der Waals surface area contributed by atoms with Crippen molar-refractivity contribution >= 4 is 4.08 Å². The molecule has 0 fully saturated rings. The minimum atomic E-state index is 1.16. The number of ether oxygens (including phenoxy) is 1. The van der Waals surface area contributed by atoms with E-state index in [1.54, 1.807) is 7.11 Å². The van der Waals surface area contributed by atoms with Crippen molar-refractivity contribution in [1.82, 2.24) is 0 Å². The van der Waals surface area contributed by atoms with Gasteiger partial charge in [-0.15, -0.1) is 0 Å². The van der Waals surface area contributed by atoms with Crippen molar-refractivity contribution < 1.29 is 47.4 Å². The van der Waals surface area contributed by atoms with Crippen LogP contribution in [0.4, 0.5) is 0 Å². The van der Waals surface area contributed by atoms with E-state index < -0.39 is 0 Å². The fourth-order valence-corrected chi connectivity index (χ4v) is 0.942. The van der Waals surface area contributed by atoms with Gasteiger partial charge in [-0.1, -0.05) is 0 Å². The van der Waals surface area contributed by atoms with Gasteiger partial charge in [0, 0.05) is 0 Å². The first-order valence-electron chi connectivity index (χ1n) is 3.90. The van der Waals surface area contributed by atoms with Gasteiger partial charge < -0.3 is 0 Å². The van der Waals surface area contributed by atoms with Crippen molar-refractivity contribution in [2.75, 3.05) is 7.11 Å². The van der Waals surface area contributed by atoms with Gasteiger partial charge in [-0.25, -0.2) is 0 Å². The first-order chi connectivity index (χ1) is 8.81. The SMILES string of the molecule is CCCC[C](=[W])OC.[C-]#[O+].[C-]#[O+].[C-]#[O+].[C-]#[O+].[C-]#[O+].